The first-order valence-electron chi connectivity index (χ1n) is 24.4. The third-order valence-electron chi connectivity index (χ3n) is 15.9. The second kappa shape index (κ2) is 14.8. The van der Waals surface area contributed by atoms with Gasteiger partial charge in [0.05, 0.1) is 27.9 Å². The standard InChI is InChI=1S/C68H44N2/c1-3-21-45(22-4-1)46-23-19-26-48(43-46)69(65-40-20-37-61-66(65)54-30-10-14-34-58(54)67(61)55-31-11-7-27-50(55)51-28-8-12-32-56(51)67)49-41-42-53-52-29-9-13-33-57(52)68(62(53)44-49)59-35-15-17-38-63(59)70(47-24-5-2-6-25-47)64-39-18-16-36-60(64)68/h1-44H. The molecule has 0 bridgehead atoms. The quantitative estimate of drug-likeness (QED) is 0.170. The highest BCUT2D eigenvalue weighted by Gasteiger charge is 2.54. The van der Waals surface area contributed by atoms with Crippen molar-refractivity contribution in [2.75, 3.05) is 9.80 Å². The van der Waals surface area contributed by atoms with Gasteiger partial charge in [-0.05, 0) is 138 Å². The lowest BCUT2D eigenvalue weighted by Gasteiger charge is -2.45. The van der Waals surface area contributed by atoms with Gasteiger partial charge in [-0.2, -0.15) is 0 Å². The van der Waals surface area contributed by atoms with Crippen molar-refractivity contribution in [3.05, 3.63) is 311 Å². The minimum Gasteiger partial charge on any atom is -0.310 e. The summed E-state index contributed by atoms with van der Waals surface area (Å²) < 4.78 is 0. The summed E-state index contributed by atoms with van der Waals surface area (Å²) in [5.74, 6) is 0. The smallest absolute Gasteiger partial charge is 0.0755 e. The fourth-order valence-electron chi connectivity index (χ4n) is 13.3. The van der Waals surface area contributed by atoms with Gasteiger partial charge in [-0.15, -0.1) is 0 Å². The zero-order valence-electron chi connectivity index (χ0n) is 38.3. The van der Waals surface area contributed by atoms with Crippen molar-refractivity contribution in [3.63, 3.8) is 0 Å². The van der Waals surface area contributed by atoms with E-state index in [1.165, 1.54) is 100 Å². The Labute approximate surface area is 408 Å². The van der Waals surface area contributed by atoms with Gasteiger partial charge in [0.25, 0.3) is 0 Å². The number of fused-ring (bicyclic) bond motifs is 19. The van der Waals surface area contributed by atoms with E-state index in [0.717, 1.165) is 22.7 Å². The molecule has 0 aromatic heterocycles. The predicted octanol–water partition coefficient (Wildman–Crippen LogP) is 17.3. The summed E-state index contributed by atoms with van der Waals surface area (Å²) in [6.07, 6.45) is 0. The number of para-hydroxylation sites is 3. The lowest BCUT2D eigenvalue weighted by Crippen LogP contribution is -2.36. The zero-order chi connectivity index (χ0) is 46.0. The number of nitrogens with zero attached hydrogens (tertiary/aromatic N) is 2. The first kappa shape index (κ1) is 39.1. The molecule has 0 saturated carbocycles. The number of hydrogen-bond donors (Lipinski definition) is 0. The van der Waals surface area contributed by atoms with Crippen molar-refractivity contribution in [1.82, 2.24) is 0 Å². The molecule has 11 aromatic carbocycles. The van der Waals surface area contributed by atoms with Gasteiger partial charge in [0.2, 0.25) is 0 Å². The fraction of sp³-hybridized carbons (Fsp3) is 0.0294. The maximum Gasteiger partial charge on any atom is 0.0755 e. The van der Waals surface area contributed by atoms with E-state index < -0.39 is 10.8 Å². The van der Waals surface area contributed by atoms with Crippen molar-refractivity contribution in [3.8, 4) is 44.5 Å². The first-order valence-corrected chi connectivity index (χ1v) is 24.4. The molecule has 0 fully saturated rings. The highest BCUT2D eigenvalue weighted by molar-refractivity contribution is 6.03. The van der Waals surface area contributed by atoms with E-state index in [1.807, 2.05) is 0 Å². The Morgan fingerprint density at radius 2 is 0.700 bits per heavy atom. The van der Waals surface area contributed by atoms with E-state index in [1.54, 1.807) is 0 Å². The molecule has 4 aliphatic rings. The molecule has 2 spiro atoms. The highest BCUT2D eigenvalue weighted by atomic mass is 15.2. The molecule has 0 N–H and O–H groups in total. The van der Waals surface area contributed by atoms with E-state index in [2.05, 4.69) is 277 Å². The van der Waals surface area contributed by atoms with Crippen molar-refractivity contribution in [1.29, 1.82) is 0 Å². The van der Waals surface area contributed by atoms with Gasteiger partial charge in [-0.1, -0.05) is 212 Å². The van der Waals surface area contributed by atoms with Crippen molar-refractivity contribution >= 4 is 34.1 Å². The van der Waals surface area contributed by atoms with Crippen LogP contribution < -0.4 is 9.80 Å². The van der Waals surface area contributed by atoms with Crippen LogP contribution in [0.4, 0.5) is 34.1 Å². The van der Waals surface area contributed by atoms with Gasteiger partial charge >= 0.3 is 0 Å². The van der Waals surface area contributed by atoms with Gasteiger partial charge < -0.3 is 9.80 Å². The summed E-state index contributed by atoms with van der Waals surface area (Å²) in [5, 5.41) is 0. The average Bonchev–Trinajstić information content (AvgIpc) is 4.02. The number of benzene rings is 11. The summed E-state index contributed by atoms with van der Waals surface area (Å²) in [4.78, 5) is 5.02. The molecular formula is C68H44N2. The van der Waals surface area contributed by atoms with Crippen LogP contribution in [0.3, 0.4) is 0 Å². The zero-order valence-corrected chi connectivity index (χ0v) is 38.3. The van der Waals surface area contributed by atoms with Crippen LogP contribution in [0.25, 0.3) is 44.5 Å². The number of hydrogen-bond acceptors (Lipinski definition) is 2. The molecule has 2 heteroatoms. The molecule has 3 aliphatic carbocycles. The molecule has 1 aliphatic heterocycles. The topological polar surface area (TPSA) is 6.48 Å². The Balaban J connectivity index is 1.03. The van der Waals surface area contributed by atoms with E-state index in [-0.39, 0.29) is 0 Å². The third-order valence-corrected chi connectivity index (χ3v) is 15.9. The Bertz CT molecular complexity index is 3830. The summed E-state index contributed by atoms with van der Waals surface area (Å²) in [6, 6.07) is 99.9. The molecule has 0 unspecified atom stereocenters. The average molecular weight is 889 g/mol. The Morgan fingerprint density at radius 3 is 1.31 bits per heavy atom. The van der Waals surface area contributed by atoms with Crippen LogP contribution in [0, 0.1) is 0 Å². The van der Waals surface area contributed by atoms with Crippen LogP contribution >= 0.6 is 0 Å². The van der Waals surface area contributed by atoms with Gasteiger partial charge in [-0.3, -0.25) is 0 Å². The van der Waals surface area contributed by atoms with Gasteiger partial charge in [0.1, 0.15) is 0 Å². The van der Waals surface area contributed by atoms with Crippen LogP contribution in [-0.2, 0) is 10.8 Å². The van der Waals surface area contributed by atoms with Crippen LogP contribution in [0.5, 0.6) is 0 Å². The minimum absolute atomic E-state index is 0.476. The molecule has 326 valence electrons. The summed E-state index contributed by atoms with van der Waals surface area (Å²) in [7, 11) is 0. The molecule has 11 aromatic rings. The minimum atomic E-state index is -0.607. The summed E-state index contributed by atoms with van der Waals surface area (Å²) in [5.41, 5.74) is 26.3. The SMILES string of the molecule is c1ccc(-c2cccc(N(c3ccc4c(c3)C3(c5ccccc5-4)c4ccccc4N(c4ccccc4)c4ccccc43)c3cccc4c3-c3ccccc3C43c4ccccc4-c4ccccc43)c2)cc1. The predicted molar refractivity (Wildman–Crippen MR) is 288 cm³/mol. The van der Waals surface area contributed by atoms with Gasteiger partial charge in [0.15, 0.2) is 0 Å². The number of anilines is 6. The molecule has 70 heavy (non-hydrogen) atoms. The molecule has 15 rings (SSSR count). The molecule has 0 radical (unpaired) electrons. The van der Waals surface area contributed by atoms with Crippen LogP contribution in [-0.4, -0.2) is 0 Å². The van der Waals surface area contributed by atoms with E-state index >= 15 is 0 Å². The van der Waals surface area contributed by atoms with Crippen molar-refractivity contribution in [2.45, 2.75) is 10.8 Å². The van der Waals surface area contributed by atoms with E-state index in [4.69, 9.17) is 0 Å². The molecule has 1 heterocycles. The highest BCUT2D eigenvalue weighted by Crippen LogP contribution is 2.67. The van der Waals surface area contributed by atoms with Crippen LogP contribution in [0.1, 0.15) is 44.5 Å². The van der Waals surface area contributed by atoms with E-state index in [0.29, 0.717) is 0 Å². The first-order chi connectivity index (χ1) is 34.8. The number of rotatable bonds is 5. The van der Waals surface area contributed by atoms with Crippen molar-refractivity contribution in [2.24, 2.45) is 0 Å². The van der Waals surface area contributed by atoms with Crippen LogP contribution in [0.2, 0.25) is 0 Å². The van der Waals surface area contributed by atoms with Gasteiger partial charge in [-0.25, -0.2) is 0 Å². The van der Waals surface area contributed by atoms with E-state index in [9.17, 15) is 0 Å². The van der Waals surface area contributed by atoms with Crippen molar-refractivity contribution < 1.29 is 0 Å². The Kier molecular flexibility index (Phi) is 8.24. The molecular weight excluding hydrogens is 845 g/mol. The van der Waals surface area contributed by atoms with Crippen LogP contribution in [0.15, 0.2) is 267 Å². The normalized spacial score (nSPS) is 14.2. The second-order valence-corrected chi connectivity index (χ2v) is 19.1. The molecule has 0 amide bonds. The lowest BCUT2D eigenvalue weighted by atomic mass is 9.64. The van der Waals surface area contributed by atoms with Gasteiger partial charge in [0, 0.05) is 22.6 Å². The Morgan fingerprint density at radius 1 is 0.271 bits per heavy atom. The summed E-state index contributed by atoms with van der Waals surface area (Å²) >= 11 is 0. The molecule has 2 nitrogen and oxygen atoms in total. The largest absolute Gasteiger partial charge is 0.310 e. The monoisotopic (exact) mass is 888 g/mol. The Hall–Kier alpha value is -8.98. The maximum absolute atomic E-state index is 2.56. The summed E-state index contributed by atoms with van der Waals surface area (Å²) in [6.45, 7) is 0. The fourth-order valence-corrected chi connectivity index (χ4v) is 13.3. The molecule has 0 saturated heterocycles. The second-order valence-electron chi connectivity index (χ2n) is 19.1. The molecule has 0 atom stereocenters. The maximum atomic E-state index is 2.56. The third kappa shape index (κ3) is 5.07. The lowest BCUT2D eigenvalue weighted by molar-refractivity contribution is 0.752.